The molecule has 1 atom stereocenters. The molecule has 2 aromatic carbocycles. The van der Waals surface area contributed by atoms with Crippen molar-refractivity contribution in [2.24, 2.45) is 0 Å². The number of aliphatic hydroxyl groups is 1. The van der Waals surface area contributed by atoms with Crippen molar-refractivity contribution in [2.45, 2.75) is 19.4 Å². The minimum Gasteiger partial charge on any atom is -0.507 e. The minimum atomic E-state index is -1.13. The number of ether oxygens (including phenoxy) is 1. The number of hydrogen-bond donors (Lipinski definition) is 3. The maximum absolute atomic E-state index is 12.8. The van der Waals surface area contributed by atoms with Crippen LogP contribution >= 0.6 is 0 Å². The van der Waals surface area contributed by atoms with Crippen molar-refractivity contribution >= 4 is 23.4 Å². The molecule has 156 valence electrons. The second-order valence-electron chi connectivity index (χ2n) is 6.93. The van der Waals surface area contributed by atoms with Gasteiger partial charge in [-0.05, 0) is 24.6 Å². The Hall–Kier alpha value is -3.81. The zero-order valence-corrected chi connectivity index (χ0v) is 16.5. The molecule has 2 aromatic rings. The Balaban J connectivity index is 2.18. The van der Waals surface area contributed by atoms with Crippen LogP contribution < -0.4 is 4.74 Å². The number of carbonyl (C=O) groups is 3. The maximum atomic E-state index is 12.8. The molecule has 0 bridgehead atoms. The van der Waals surface area contributed by atoms with Gasteiger partial charge in [0.05, 0.1) is 25.1 Å². The van der Waals surface area contributed by atoms with E-state index in [1.54, 1.807) is 24.3 Å². The summed E-state index contributed by atoms with van der Waals surface area (Å²) in [7, 11) is 1.35. The molecule has 0 radical (unpaired) electrons. The van der Waals surface area contributed by atoms with Gasteiger partial charge in [0, 0.05) is 12.1 Å². The van der Waals surface area contributed by atoms with E-state index in [0.717, 1.165) is 10.5 Å². The number of carboxylic acid groups (broad SMARTS) is 1. The average Bonchev–Trinajstić information content (AvgIpc) is 2.97. The number of methoxy groups -OCH3 is 1. The summed E-state index contributed by atoms with van der Waals surface area (Å²) in [5, 5.41) is 29.8. The molecule has 1 saturated heterocycles. The van der Waals surface area contributed by atoms with E-state index in [1.807, 2.05) is 6.92 Å². The van der Waals surface area contributed by atoms with Crippen molar-refractivity contribution in [1.29, 1.82) is 0 Å². The van der Waals surface area contributed by atoms with Crippen LogP contribution in [-0.2, 0) is 14.4 Å². The van der Waals surface area contributed by atoms with Gasteiger partial charge in [-0.2, -0.15) is 0 Å². The van der Waals surface area contributed by atoms with E-state index in [2.05, 4.69) is 0 Å². The third-order valence-corrected chi connectivity index (χ3v) is 4.95. The largest absolute Gasteiger partial charge is 0.507 e. The molecule has 0 spiro atoms. The summed E-state index contributed by atoms with van der Waals surface area (Å²) in [5.41, 5.74) is 1.55. The molecule has 8 nitrogen and oxygen atoms in total. The van der Waals surface area contributed by atoms with E-state index < -0.39 is 23.7 Å². The second-order valence-corrected chi connectivity index (χ2v) is 6.93. The number of amides is 1. The summed E-state index contributed by atoms with van der Waals surface area (Å²) in [5.74, 6) is -3.31. The van der Waals surface area contributed by atoms with Crippen molar-refractivity contribution in [3.05, 3.63) is 64.7 Å². The van der Waals surface area contributed by atoms with Gasteiger partial charge in [0.2, 0.25) is 0 Å². The van der Waals surface area contributed by atoms with Crippen LogP contribution in [0, 0.1) is 6.92 Å². The van der Waals surface area contributed by atoms with Crippen LogP contribution in [-0.4, -0.2) is 51.5 Å². The molecule has 1 fully saturated rings. The lowest BCUT2D eigenvalue weighted by Gasteiger charge is -2.25. The summed E-state index contributed by atoms with van der Waals surface area (Å²) in [6.45, 7) is 1.65. The first-order valence-corrected chi connectivity index (χ1v) is 9.18. The van der Waals surface area contributed by atoms with Gasteiger partial charge in [-0.1, -0.05) is 35.9 Å². The first-order valence-electron chi connectivity index (χ1n) is 9.18. The van der Waals surface area contributed by atoms with Crippen LogP contribution in [0.25, 0.3) is 5.76 Å². The number of aromatic hydroxyl groups is 1. The molecule has 1 amide bonds. The van der Waals surface area contributed by atoms with E-state index in [4.69, 9.17) is 9.84 Å². The van der Waals surface area contributed by atoms with E-state index in [0.29, 0.717) is 11.1 Å². The maximum Gasteiger partial charge on any atom is 0.305 e. The fourth-order valence-electron chi connectivity index (χ4n) is 3.40. The number of phenolic OH excluding ortho intramolecular Hbond substituents is 1. The monoisotopic (exact) mass is 411 g/mol. The number of aliphatic hydroxyl groups excluding tert-OH is 1. The lowest BCUT2D eigenvalue weighted by atomic mass is 9.94. The number of Topliss-reactive ketones (excluding diaryl/α,β-unsaturated/α-hetero) is 1. The Kier molecular flexibility index (Phi) is 5.77. The zero-order valence-electron chi connectivity index (χ0n) is 16.5. The molecule has 3 N–H and O–H groups in total. The summed E-state index contributed by atoms with van der Waals surface area (Å²) in [6, 6.07) is 10.0. The highest BCUT2D eigenvalue weighted by atomic mass is 16.5. The molecule has 0 aliphatic carbocycles. The van der Waals surface area contributed by atoms with Crippen LogP contribution in [0.1, 0.15) is 29.2 Å². The first kappa shape index (κ1) is 20.9. The zero-order chi connectivity index (χ0) is 22.0. The van der Waals surface area contributed by atoms with Gasteiger partial charge in [0.15, 0.2) is 11.5 Å². The average molecular weight is 411 g/mol. The highest BCUT2D eigenvalue weighted by molar-refractivity contribution is 6.46. The summed E-state index contributed by atoms with van der Waals surface area (Å²) >= 11 is 0. The van der Waals surface area contributed by atoms with Crippen molar-refractivity contribution < 1.29 is 34.4 Å². The van der Waals surface area contributed by atoms with Gasteiger partial charge < -0.3 is 25.0 Å². The fraction of sp³-hybridized carbons (Fsp3) is 0.227. The van der Waals surface area contributed by atoms with E-state index in [1.165, 1.54) is 25.3 Å². The Labute approximate surface area is 172 Å². The van der Waals surface area contributed by atoms with Gasteiger partial charge in [0.1, 0.15) is 5.76 Å². The number of hydrogen-bond acceptors (Lipinski definition) is 6. The van der Waals surface area contributed by atoms with Crippen molar-refractivity contribution in [1.82, 2.24) is 4.90 Å². The summed E-state index contributed by atoms with van der Waals surface area (Å²) in [6.07, 6.45) is -0.372. The molecule has 1 heterocycles. The quantitative estimate of drug-likeness (QED) is 0.379. The predicted molar refractivity (Wildman–Crippen MR) is 107 cm³/mol. The highest BCUT2D eigenvalue weighted by Crippen LogP contribution is 2.41. The molecule has 3 rings (SSSR count). The van der Waals surface area contributed by atoms with E-state index >= 15 is 0 Å². The van der Waals surface area contributed by atoms with Crippen LogP contribution in [0.15, 0.2) is 48.0 Å². The topological polar surface area (TPSA) is 124 Å². The minimum absolute atomic E-state index is 0.117. The molecule has 1 aliphatic rings. The number of carboxylic acids is 1. The number of aliphatic carboxylic acids is 1. The van der Waals surface area contributed by atoms with Gasteiger partial charge >= 0.3 is 5.97 Å². The van der Waals surface area contributed by atoms with Gasteiger partial charge in [-0.25, -0.2) is 0 Å². The molecule has 8 heteroatoms. The number of aryl methyl sites for hydroxylation is 1. The fourth-order valence-corrected chi connectivity index (χ4v) is 3.40. The standard InChI is InChI=1S/C22H21NO7/c1-12-3-5-13(6-4-12)20(27)18-19(14-7-8-15(24)16(11-14)30-2)23(10-9-17(25)26)22(29)21(18)28/h3-8,11,19,24,27H,9-10H2,1-2H3,(H,25,26). The SMILES string of the molecule is COc1cc(C2C(=C(O)c3ccc(C)cc3)C(=O)C(=O)N2CCC(=O)O)ccc1O. The third kappa shape index (κ3) is 3.84. The van der Waals surface area contributed by atoms with E-state index in [-0.39, 0.29) is 35.8 Å². The molecule has 0 aromatic heterocycles. The normalized spacial score (nSPS) is 17.9. The predicted octanol–water partition coefficient (Wildman–Crippen LogP) is 2.61. The Morgan fingerprint density at radius 2 is 1.77 bits per heavy atom. The first-order chi connectivity index (χ1) is 14.2. The highest BCUT2D eigenvalue weighted by Gasteiger charge is 2.46. The molecule has 1 unspecified atom stereocenters. The van der Waals surface area contributed by atoms with Crippen LogP contribution in [0.5, 0.6) is 11.5 Å². The number of likely N-dealkylation sites (tertiary alicyclic amines) is 1. The molecule has 1 aliphatic heterocycles. The number of carbonyl (C=O) groups excluding carboxylic acids is 2. The van der Waals surface area contributed by atoms with Gasteiger partial charge in [-0.3, -0.25) is 14.4 Å². The molecule has 30 heavy (non-hydrogen) atoms. The number of rotatable bonds is 6. The Morgan fingerprint density at radius 1 is 1.10 bits per heavy atom. The van der Waals surface area contributed by atoms with Gasteiger partial charge in [0.25, 0.3) is 11.7 Å². The molecule has 0 saturated carbocycles. The lowest BCUT2D eigenvalue weighted by Crippen LogP contribution is -2.31. The number of benzene rings is 2. The lowest BCUT2D eigenvalue weighted by molar-refractivity contribution is -0.142. The van der Waals surface area contributed by atoms with Gasteiger partial charge in [-0.15, -0.1) is 0 Å². The number of ketones is 1. The van der Waals surface area contributed by atoms with Crippen LogP contribution in [0.4, 0.5) is 0 Å². The summed E-state index contributed by atoms with van der Waals surface area (Å²) < 4.78 is 5.11. The van der Waals surface area contributed by atoms with Crippen LogP contribution in [0.3, 0.4) is 0 Å². The summed E-state index contributed by atoms with van der Waals surface area (Å²) in [4.78, 5) is 37.7. The number of nitrogens with zero attached hydrogens (tertiary/aromatic N) is 1. The second kappa shape index (κ2) is 8.28. The third-order valence-electron chi connectivity index (χ3n) is 4.95. The van der Waals surface area contributed by atoms with Crippen LogP contribution in [0.2, 0.25) is 0 Å². The molecular weight excluding hydrogens is 390 g/mol. The number of phenols is 1. The van der Waals surface area contributed by atoms with E-state index in [9.17, 15) is 24.6 Å². The van der Waals surface area contributed by atoms with Crippen molar-refractivity contribution in [2.75, 3.05) is 13.7 Å². The Morgan fingerprint density at radius 3 is 2.37 bits per heavy atom. The molecular formula is C22H21NO7. The van der Waals surface area contributed by atoms with Crippen molar-refractivity contribution in [3.8, 4) is 11.5 Å². The Bertz CT molecular complexity index is 1040. The van der Waals surface area contributed by atoms with Crippen molar-refractivity contribution in [3.63, 3.8) is 0 Å². The smallest absolute Gasteiger partial charge is 0.305 e.